The van der Waals surface area contributed by atoms with E-state index in [9.17, 15) is 9.59 Å². The average Bonchev–Trinajstić information content (AvgIpc) is 2.71. The average molecular weight is 453 g/mol. The van der Waals surface area contributed by atoms with Crippen LogP contribution in [0.5, 0.6) is 11.5 Å². The molecule has 0 saturated heterocycles. The third-order valence-electron chi connectivity index (χ3n) is 4.03. The van der Waals surface area contributed by atoms with Gasteiger partial charge in [-0.25, -0.2) is 0 Å². The standard InChI is InChI=1S/C22H26Cl2N2O4/c1-4-9-25-22(28)16-8-7-15(13-17(16)23)26-21(27)14-11-18(24)20(30-10-5-2)19(12-14)29-6-3/h7-8,11-13H,4-6,9-10H2,1-3H3,(H,25,28)(H,26,27). The number of amides is 2. The fourth-order valence-electron chi connectivity index (χ4n) is 2.62. The SMILES string of the molecule is CCCNC(=O)c1ccc(NC(=O)c2cc(Cl)c(OCCC)c(OCC)c2)cc1Cl. The van der Waals surface area contributed by atoms with Crippen molar-refractivity contribution in [2.75, 3.05) is 25.1 Å². The van der Waals surface area contributed by atoms with E-state index in [4.69, 9.17) is 32.7 Å². The molecule has 0 spiro atoms. The van der Waals surface area contributed by atoms with Crippen LogP contribution in [0.25, 0.3) is 0 Å². The number of rotatable bonds is 10. The van der Waals surface area contributed by atoms with Crippen molar-refractivity contribution in [2.24, 2.45) is 0 Å². The molecule has 0 bridgehead atoms. The number of carbonyl (C=O) groups excluding carboxylic acids is 2. The van der Waals surface area contributed by atoms with Gasteiger partial charge in [-0.3, -0.25) is 9.59 Å². The second kappa shape index (κ2) is 11.7. The minimum absolute atomic E-state index is 0.248. The van der Waals surface area contributed by atoms with Crippen molar-refractivity contribution < 1.29 is 19.1 Å². The lowest BCUT2D eigenvalue weighted by Gasteiger charge is -2.15. The Morgan fingerprint density at radius 3 is 2.33 bits per heavy atom. The number of ether oxygens (including phenoxy) is 2. The van der Waals surface area contributed by atoms with Gasteiger partial charge in [-0.2, -0.15) is 0 Å². The van der Waals surface area contributed by atoms with E-state index in [1.54, 1.807) is 18.2 Å². The van der Waals surface area contributed by atoms with Crippen molar-refractivity contribution in [3.63, 3.8) is 0 Å². The van der Waals surface area contributed by atoms with Crippen LogP contribution in [0.4, 0.5) is 5.69 Å². The normalized spacial score (nSPS) is 10.4. The summed E-state index contributed by atoms with van der Waals surface area (Å²) in [6.45, 7) is 7.24. The second-order valence-electron chi connectivity index (χ2n) is 6.47. The zero-order chi connectivity index (χ0) is 22.1. The van der Waals surface area contributed by atoms with E-state index in [-0.39, 0.29) is 16.8 Å². The Morgan fingerprint density at radius 1 is 0.933 bits per heavy atom. The second-order valence-corrected chi connectivity index (χ2v) is 7.29. The fourth-order valence-corrected chi connectivity index (χ4v) is 3.15. The summed E-state index contributed by atoms with van der Waals surface area (Å²) in [6, 6.07) is 7.84. The first kappa shape index (κ1) is 23.8. The first-order valence-electron chi connectivity index (χ1n) is 9.89. The smallest absolute Gasteiger partial charge is 0.255 e. The van der Waals surface area contributed by atoms with Crippen LogP contribution in [0, 0.1) is 0 Å². The molecule has 2 rings (SSSR count). The number of benzene rings is 2. The minimum atomic E-state index is -0.390. The van der Waals surface area contributed by atoms with E-state index >= 15 is 0 Å². The maximum atomic E-state index is 12.7. The van der Waals surface area contributed by atoms with E-state index in [0.29, 0.717) is 53.1 Å². The molecule has 0 radical (unpaired) electrons. The lowest BCUT2D eigenvalue weighted by Crippen LogP contribution is -2.24. The molecule has 0 aliphatic carbocycles. The summed E-state index contributed by atoms with van der Waals surface area (Å²) in [7, 11) is 0. The van der Waals surface area contributed by atoms with Gasteiger partial charge in [0.05, 0.1) is 28.8 Å². The highest BCUT2D eigenvalue weighted by Crippen LogP contribution is 2.37. The molecule has 162 valence electrons. The van der Waals surface area contributed by atoms with Crippen LogP contribution in [0.1, 0.15) is 54.3 Å². The molecular weight excluding hydrogens is 427 g/mol. The van der Waals surface area contributed by atoms with E-state index in [1.807, 2.05) is 20.8 Å². The van der Waals surface area contributed by atoms with E-state index in [1.165, 1.54) is 12.1 Å². The van der Waals surface area contributed by atoms with Crippen LogP contribution in [0.2, 0.25) is 10.0 Å². The number of carbonyl (C=O) groups is 2. The van der Waals surface area contributed by atoms with Crippen LogP contribution >= 0.6 is 23.2 Å². The largest absolute Gasteiger partial charge is 0.490 e. The van der Waals surface area contributed by atoms with Crippen molar-refractivity contribution in [3.05, 3.63) is 51.5 Å². The highest BCUT2D eigenvalue weighted by atomic mass is 35.5. The maximum absolute atomic E-state index is 12.7. The summed E-state index contributed by atoms with van der Waals surface area (Å²) in [6.07, 6.45) is 1.64. The van der Waals surface area contributed by atoms with E-state index < -0.39 is 0 Å². The number of hydrogen-bond donors (Lipinski definition) is 2. The third kappa shape index (κ3) is 6.28. The molecular formula is C22H26Cl2N2O4. The molecule has 2 amide bonds. The molecule has 6 nitrogen and oxygen atoms in total. The van der Waals surface area contributed by atoms with Crippen LogP contribution < -0.4 is 20.1 Å². The highest BCUT2D eigenvalue weighted by Gasteiger charge is 2.17. The van der Waals surface area contributed by atoms with Gasteiger partial charge in [0.15, 0.2) is 11.5 Å². The lowest BCUT2D eigenvalue weighted by atomic mass is 10.1. The Kier molecular flexibility index (Phi) is 9.27. The highest BCUT2D eigenvalue weighted by molar-refractivity contribution is 6.34. The van der Waals surface area contributed by atoms with Gasteiger partial charge in [0.25, 0.3) is 11.8 Å². The Labute approximate surface area is 186 Å². The lowest BCUT2D eigenvalue weighted by molar-refractivity contribution is 0.0953. The summed E-state index contributed by atoms with van der Waals surface area (Å²) in [5.74, 6) is 0.182. The number of anilines is 1. The van der Waals surface area contributed by atoms with Crippen LogP contribution in [0.3, 0.4) is 0 Å². The topological polar surface area (TPSA) is 76.7 Å². The van der Waals surface area contributed by atoms with E-state index in [2.05, 4.69) is 10.6 Å². The van der Waals surface area contributed by atoms with Gasteiger partial charge in [-0.15, -0.1) is 0 Å². The maximum Gasteiger partial charge on any atom is 0.255 e. The van der Waals surface area contributed by atoms with Gasteiger partial charge in [0, 0.05) is 17.8 Å². The number of nitrogens with one attached hydrogen (secondary N) is 2. The molecule has 0 saturated carbocycles. The minimum Gasteiger partial charge on any atom is -0.490 e. The summed E-state index contributed by atoms with van der Waals surface area (Å²) < 4.78 is 11.3. The van der Waals surface area contributed by atoms with Gasteiger partial charge < -0.3 is 20.1 Å². The monoisotopic (exact) mass is 452 g/mol. The Balaban J connectivity index is 2.21. The van der Waals surface area contributed by atoms with Gasteiger partial charge in [0.2, 0.25) is 0 Å². The predicted molar refractivity (Wildman–Crippen MR) is 120 cm³/mol. The molecule has 2 aromatic carbocycles. The molecule has 30 heavy (non-hydrogen) atoms. The summed E-state index contributed by atoms with van der Waals surface area (Å²) >= 11 is 12.5. The van der Waals surface area contributed by atoms with Crippen LogP contribution in [-0.4, -0.2) is 31.6 Å². The van der Waals surface area contributed by atoms with Crippen LogP contribution in [0.15, 0.2) is 30.3 Å². The summed E-state index contributed by atoms with van der Waals surface area (Å²) in [5, 5.41) is 6.07. The molecule has 0 aliphatic rings. The third-order valence-corrected chi connectivity index (χ3v) is 4.62. The zero-order valence-corrected chi connectivity index (χ0v) is 18.8. The molecule has 0 fully saturated rings. The molecule has 0 atom stereocenters. The van der Waals surface area contributed by atoms with Crippen molar-refractivity contribution in [2.45, 2.75) is 33.6 Å². The molecule has 2 aromatic rings. The molecule has 0 aliphatic heterocycles. The molecule has 0 heterocycles. The van der Waals surface area contributed by atoms with Gasteiger partial charge in [-0.05, 0) is 50.1 Å². The zero-order valence-electron chi connectivity index (χ0n) is 17.3. The van der Waals surface area contributed by atoms with Crippen molar-refractivity contribution in [1.29, 1.82) is 0 Å². The molecule has 0 aromatic heterocycles. The first-order valence-corrected chi connectivity index (χ1v) is 10.6. The van der Waals surface area contributed by atoms with Gasteiger partial charge >= 0.3 is 0 Å². The van der Waals surface area contributed by atoms with Gasteiger partial charge in [0.1, 0.15) is 0 Å². The first-order chi connectivity index (χ1) is 14.4. The van der Waals surface area contributed by atoms with Crippen molar-refractivity contribution in [3.8, 4) is 11.5 Å². The molecule has 8 heteroatoms. The van der Waals surface area contributed by atoms with Crippen LogP contribution in [-0.2, 0) is 0 Å². The number of hydrogen-bond acceptors (Lipinski definition) is 4. The Morgan fingerprint density at radius 2 is 1.70 bits per heavy atom. The van der Waals surface area contributed by atoms with E-state index in [0.717, 1.165) is 12.8 Å². The Bertz CT molecular complexity index is 903. The molecule has 0 unspecified atom stereocenters. The van der Waals surface area contributed by atoms with Crippen molar-refractivity contribution in [1.82, 2.24) is 5.32 Å². The molecule has 2 N–H and O–H groups in total. The van der Waals surface area contributed by atoms with Crippen molar-refractivity contribution >= 4 is 40.7 Å². The number of halogens is 2. The van der Waals surface area contributed by atoms with Gasteiger partial charge in [-0.1, -0.05) is 37.0 Å². The quantitative estimate of drug-likeness (QED) is 0.493. The summed E-state index contributed by atoms with van der Waals surface area (Å²) in [4.78, 5) is 24.8. The summed E-state index contributed by atoms with van der Waals surface area (Å²) in [5.41, 5.74) is 1.12. The fraction of sp³-hybridized carbons (Fsp3) is 0.364. The predicted octanol–water partition coefficient (Wildman–Crippen LogP) is 5.57. The Hall–Kier alpha value is -2.44.